The fourth-order valence-electron chi connectivity index (χ4n) is 2.17. The molecule has 1 unspecified atom stereocenters. The molecule has 1 heterocycles. The molecule has 1 amide bonds. The highest BCUT2D eigenvalue weighted by molar-refractivity contribution is 7.89. The number of nitrogens with two attached hydrogens (primary N) is 1. The van der Waals surface area contributed by atoms with Crippen molar-refractivity contribution >= 4 is 27.6 Å². The minimum atomic E-state index is -3.90. The van der Waals surface area contributed by atoms with Crippen LogP contribution in [0.2, 0.25) is 0 Å². The molecule has 2 N–H and O–H groups in total. The van der Waals surface area contributed by atoms with Crippen LogP contribution < -0.4 is 10.0 Å². The molecule has 0 saturated carbocycles. The molecular formula is C12H13FN2O5S. The summed E-state index contributed by atoms with van der Waals surface area (Å²) < 4.78 is 41.0. The van der Waals surface area contributed by atoms with E-state index in [0.717, 1.165) is 18.1 Å². The van der Waals surface area contributed by atoms with Gasteiger partial charge in [0.15, 0.2) is 0 Å². The van der Waals surface area contributed by atoms with Crippen molar-refractivity contribution in [1.29, 1.82) is 0 Å². The molecule has 0 bridgehead atoms. The van der Waals surface area contributed by atoms with Gasteiger partial charge in [0.25, 0.3) is 0 Å². The third-order valence-electron chi connectivity index (χ3n) is 3.23. The molecule has 9 heteroatoms. The Labute approximate surface area is 120 Å². The van der Waals surface area contributed by atoms with Gasteiger partial charge in [-0.3, -0.25) is 4.79 Å². The third kappa shape index (κ3) is 2.88. The SMILES string of the molecule is COC(=O)c1c(F)cccc1N1CC(S(N)(=O)=O)CC1=O. The minimum absolute atomic E-state index is 0.0296. The van der Waals surface area contributed by atoms with Gasteiger partial charge in [-0.15, -0.1) is 0 Å². The van der Waals surface area contributed by atoms with Crippen LogP contribution in [0.5, 0.6) is 0 Å². The van der Waals surface area contributed by atoms with E-state index in [1.54, 1.807) is 0 Å². The van der Waals surface area contributed by atoms with Crippen LogP contribution in [0.25, 0.3) is 0 Å². The topological polar surface area (TPSA) is 107 Å². The van der Waals surface area contributed by atoms with E-state index in [0.29, 0.717) is 0 Å². The summed E-state index contributed by atoms with van der Waals surface area (Å²) in [5, 5.41) is 3.94. The Bertz CT molecular complexity index is 704. The van der Waals surface area contributed by atoms with Crippen LogP contribution in [-0.4, -0.2) is 39.2 Å². The normalized spacial score (nSPS) is 18.9. The number of halogens is 1. The number of nitrogens with zero attached hydrogens (tertiary/aromatic N) is 1. The number of carbonyl (C=O) groups is 2. The molecule has 0 aliphatic carbocycles. The highest BCUT2D eigenvalue weighted by Crippen LogP contribution is 2.29. The van der Waals surface area contributed by atoms with Crippen molar-refractivity contribution in [2.75, 3.05) is 18.6 Å². The van der Waals surface area contributed by atoms with Gasteiger partial charge < -0.3 is 9.64 Å². The molecule has 1 aromatic carbocycles. The molecule has 1 aliphatic rings. The molecule has 0 aromatic heterocycles. The summed E-state index contributed by atoms with van der Waals surface area (Å²) in [7, 11) is -2.82. The summed E-state index contributed by atoms with van der Waals surface area (Å²) in [6.45, 7) is -0.231. The summed E-state index contributed by atoms with van der Waals surface area (Å²) in [6.07, 6.45) is -0.310. The molecule has 0 spiro atoms. The average Bonchev–Trinajstić information content (AvgIpc) is 2.79. The Hall–Kier alpha value is -2.00. The van der Waals surface area contributed by atoms with E-state index >= 15 is 0 Å². The number of methoxy groups -OCH3 is 1. The molecule has 1 aromatic rings. The maximum Gasteiger partial charge on any atom is 0.343 e. The third-order valence-corrected chi connectivity index (χ3v) is 4.47. The molecule has 0 radical (unpaired) electrons. The number of anilines is 1. The Morgan fingerprint density at radius 2 is 2.14 bits per heavy atom. The number of primary sulfonamides is 1. The first-order valence-electron chi connectivity index (χ1n) is 5.94. The predicted octanol–water partition coefficient (Wildman–Crippen LogP) is 0.00610. The van der Waals surface area contributed by atoms with Crippen molar-refractivity contribution < 1.29 is 27.1 Å². The second kappa shape index (κ2) is 5.41. The van der Waals surface area contributed by atoms with Gasteiger partial charge in [0.2, 0.25) is 15.9 Å². The van der Waals surface area contributed by atoms with Crippen molar-refractivity contribution in [2.24, 2.45) is 5.14 Å². The first-order chi connectivity index (χ1) is 9.75. The van der Waals surface area contributed by atoms with Gasteiger partial charge in [0.05, 0.1) is 12.8 Å². The highest BCUT2D eigenvalue weighted by atomic mass is 32.2. The molecule has 21 heavy (non-hydrogen) atoms. The molecule has 1 atom stereocenters. The second-order valence-electron chi connectivity index (χ2n) is 4.55. The first-order valence-corrected chi connectivity index (χ1v) is 7.55. The van der Waals surface area contributed by atoms with Crippen LogP contribution in [0.3, 0.4) is 0 Å². The van der Waals surface area contributed by atoms with Gasteiger partial charge in [-0.2, -0.15) is 0 Å². The van der Waals surface area contributed by atoms with Crippen LogP contribution in [0, 0.1) is 5.82 Å². The van der Waals surface area contributed by atoms with E-state index in [1.165, 1.54) is 12.1 Å². The van der Waals surface area contributed by atoms with E-state index in [-0.39, 0.29) is 18.7 Å². The van der Waals surface area contributed by atoms with Gasteiger partial charge >= 0.3 is 5.97 Å². The summed E-state index contributed by atoms with van der Waals surface area (Å²) in [5.41, 5.74) is -0.443. The molecule has 7 nitrogen and oxygen atoms in total. The fourth-order valence-corrected chi connectivity index (χ4v) is 2.90. The van der Waals surface area contributed by atoms with Crippen molar-refractivity contribution in [1.82, 2.24) is 0 Å². The zero-order valence-corrected chi connectivity index (χ0v) is 11.9. The zero-order valence-electron chi connectivity index (χ0n) is 11.1. The van der Waals surface area contributed by atoms with Crippen LogP contribution in [-0.2, 0) is 19.6 Å². The van der Waals surface area contributed by atoms with Crippen LogP contribution in [0.15, 0.2) is 18.2 Å². The summed E-state index contributed by atoms with van der Waals surface area (Å²) in [4.78, 5) is 24.6. The molecule has 114 valence electrons. The van der Waals surface area contributed by atoms with Gasteiger partial charge in [0, 0.05) is 13.0 Å². The predicted molar refractivity (Wildman–Crippen MR) is 71.6 cm³/mol. The van der Waals surface area contributed by atoms with Crippen molar-refractivity contribution in [3.05, 3.63) is 29.6 Å². The minimum Gasteiger partial charge on any atom is -0.465 e. The van der Waals surface area contributed by atoms with E-state index in [4.69, 9.17) is 5.14 Å². The monoisotopic (exact) mass is 316 g/mol. The summed E-state index contributed by atoms with van der Waals surface area (Å²) in [5.74, 6) is -2.36. The number of rotatable bonds is 3. The smallest absolute Gasteiger partial charge is 0.343 e. The maximum absolute atomic E-state index is 13.8. The van der Waals surface area contributed by atoms with Crippen LogP contribution >= 0.6 is 0 Å². The van der Waals surface area contributed by atoms with Gasteiger partial charge in [0.1, 0.15) is 16.6 Å². The lowest BCUT2D eigenvalue weighted by Crippen LogP contribution is -2.33. The fraction of sp³-hybridized carbons (Fsp3) is 0.333. The molecule has 1 aliphatic heterocycles. The van der Waals surface area contributed by atoms with Crippen LogP contribution in [0.4, 0.5) is 10.1 Å². The summed E-state index contributed by atoms with van der Waals surface area (Å²) >= 11 is 0. The number of sulfonamides is 1. The van der Waals surface area contributed by atoms with Crippen LogP contribution in [0.1, 0.15) is 16.8 Å². The van der Waals surface area contributed by atoms with Crippen molar-refractivity contribution in [2.45, 2.75) is 11.7 Å². The zero-order chi connectivity index (χ0) is 15.8. The number of benzene rings is 1. The average molecular weight is 316 g/mol. The van der Waals surface area contributed by atoms with E-state index < -0.39 is 38.5 Å². The highest BCUT2D eigenvalue weighted by Gasteiger charge is 2.39. The lowest BCUT2D eigenvalue weighted by molar-refractivity contribution is -0.117. The van der Waals surface area contributed by atoms with E-state index in [1.807, 2.05) is 0 Å². The maximum atomic E-state index is 13.8. The molecular weight excluding hydrogens is 303 g/mol. The number of esters is 1. The van der Waals surface area contributed by atoms with Crippen molar-refractivity contribution in [3.8, 4) is 0 Å². The Morgan fingerprint density at radius 1 is 1.48 bits per heavy atom. The van der Waals surface area contributed by atoms with Gasteiger partial charge in [-0.1, -0.05) is 6.07 Å². The Kier molecular flexibility index (Phi) is 3.97. The largest absolute Gasteiger partial charge is 0.465 e. The van der Waals surface area contributed by atoms with Gasteiger partial charge in [-0.05, 0) is 12.1 Å². The summed E-state index contributed by atoms with van der Waals surface area (Å²) in [6, 6.07) is 3.71. The lowest BCUT2D eigenvalue weighted by Gasteiger charge is -2.19. The number of carbonyl (C=O) groups excluding carboxylic acids is 2. The lowest BCUT2D eigenvalue weighted by atomic mass is 10.1. The second-order valence-corrected chi connectivity index (χ2v) is 6.39. The quantitative estimate of drug-likeness (QED) is 0.790. The number of hydrogen-bond acceptors (Lipinski definition) is 5. The Balaban J connectivity index is 2.46. The molecule has 1 saturated heterocycles. The molecule has 1 fully saturated rings. The number of hydrogen-bond donors (Lipinski definition) is 1. The molecule has 2 rings (SSSR count). The van der Waals surface area contributed by atoms with E-state index in [9.17, 15) is 22.4 Å². The number of amides is 1. The first kappa shape index (κ1) is 15.4. The van der Waals surface area contributed by atoms with E-state index in [2.05, 4.69) is 4.74 Å². The van der Waals surface area contributed by atoms with Crippen molar-refractivity contribution in [3.63, 3.8) is 0 Å². The van der Waals surface area contributed by atoms with Gasteiger partial charge in [-0.25, -0.2) is 22.7 Å². The Morgan fingerprint density at radius 3 is 2.67 bits per heavy atom. The standard InChI is InChI=1S/C12H13FN2O5S/c1-20-12(17)11-8(13)3-2-4-9(11)15-6-7(5-10(15)16)21(14,18)19/h2-4,7H,5-6H2,1H3,(H2,14,18,19). The number of ether oxygens (including phenoxy) is 1.